The highest BCUT2D eigenvalue weighted by Gasteiger charge is 2.06. The van der Waals surface area contributed by atoms with Crippen LogP contribution in [0.5, 0.6) is 0 Å². The second kappa shape index (κ2) is 6.06. The minimum Gasteiger partial charge on any atom is -0.311 e. The average molecular weight is 313 g/mol. The van der Waals surface area contributed by atoms with Crippen LogP contribution in [0.3, 0.4) is 0 Å². The maximum atomic E-state index is 13.6. The van der Waals surface area contributed by atoms with E-state index in [4.69, 9.17) is 0 Å². The predicted molar refractivity (Wildman–Crippen MR) is 70.6 cm³/mol. The molecule has 0 aliphatic rings. The van der Waals surface area contributed by atoms with Gasteiger partial charge >= 0.3 is 0 Å². The van der Waals surface area contributed by atoms with Crippen molar-refractivity contribution in [2.75, 3.05) is 6.54 Å². The smallest absolute Gasteiger partial charge is 0.128 e. The van der Waals surface area contributed by atoms with Gasteiger partial charge < -0.3 is 5.32 Å². The summed E-state index contributed by atoms with van der Waals surface area (Å²) in [5.74, 6) is -0.234. The van der Waals surface area contributed by atoms with Gasteiger partial charge in [0.05, 0.1) is 18.4 Å². The number of nitrogens with one attached hydrogen (secondary N) is 1. The van der Waals surface area contributed by atoms with E-state index in [1.54, 1.807) is 16.8 Å². The van der Waals surface area contributed by atoms with Crippen molar-refractivity contribution in [3.63, 3.8) is 0 Å². The van der Waals surface area contributed by atoms with Crippen LogP contribution in [0.25, 0.3) is 0 Å². The van der Waals surface area contributed by atoms with Gasteiger partial charge in [0.25, 0.3) is 0 Å². The number of hydrogen-bond acceptors (Lipinski definition) is 3. The molecule has 2 rings (SSSR count). The largest absolute Gasteiger partial charge is 0.311 e. The molecular formula is C12H14BrFN4. The van der Waals surface area contributed by atoms with E-state index >= 15 is 0 Å². The van der Waals surface area contributed by atoms with E-state index < -0.39 is 0 Å². The van der Waals surface area contributed by atoms with E-state index in [1.807, 2.05) is 13.1 Å². The topological polar surface area (TPSA) is 42.7 Å². The van der Waals surface area contributed by atoms with Crippen LogP contribution in [-0.4, -0.2) is 21.5 Å². The molecular weight excluding hydrogens is 299 g/mol. The molecule has 1 N–H and O–H groups in total. The molecule has 4 nitrogen and oxygen atoms in total. The van der Waals surface area contributed by atoms with Crippen molar-refractivity contribution in [3.05, 3.63) is 45.9 Å². The lowest BCUT2D eigenvalue weighted by Crippen LogP contribution is -2.11. The van der Waals surface area contributed by atoms with Crippen LogP contribution in [0.15, 0.2) is 28.9 Å². The molecule has 1 heterocycles. The molecule has 0 unspecified atom stereocenters. The van der Waals surface area contributed by atoms with Crippen molar-refractivity contribution in [1.82, 2.24) is 20.3 Å². The number of rotatable bonds is 5. The van der Waals surface area contributed by atoms with Gasteiger partial charge in [-0.05, 0) is 24.7 Å². The van der Waals surface area contributed by atoms with E-state index in [9.17, 15) is 4.39 Å². The molecule has 0 spiro atoms. The summed E-state index contributed by atoms with van der Waals surface area (Å²) in [7, 11) is 0. The van der Waals surface area contributed by atoms with Gasteiger partial charge in [-0.15, -0.1) is 5.10 Å². The van der Waals surface area contributed by atoms with Crippen molar-refractivity contribution in [2.24, 2.45) is 0 Å². The van der Waals surface area contributed by atoms with Gasteiger partial charge in [-0.3, -0.25) is 0 Å². The third kappa shape index (κ3) is 3.36. The predicted octanol–water partition coefficient (Wildman–Crippen LogP) is 2.34. The highest BCUT2D eigenvalue weighted by atomic mass is 79.9. The Hall–Kier alpha value is -1.27. The quantitative estimate of drug-likeness (QED) is 0.921. The molecule has 0 radical (unpaired) electrons. The fourth-order valence-electron chi connectivity index (χ4n) is 1.59. The Labute approximate surface area is 113 Å². The molecule has 0 fully saturated rings. The zero-order chi connectivity index (χ0) is 13.0. The van der Waals surface area contributed by atoms with Crippen molar-refractivity contribution < 1.29 is 4.39 Å². The maximum absolute atomic E-state index is 13.6. The molecule has 0 aliphatic carbocycles. The summed E-state index contributed by atoms with van der Waals surface area (Å²) in [4.78, 5) is 0. The minimum atomic E-state index is -0.234. The fraction of sp³-hybridized carbons (Fsp3) is 0.333. The summed E-state index contributed by atoms with van der Waals surface area (Å²) in [5.41, 5.74) is 1.44. The zero-order valence-electron chi connectivity index (χ0n) is 10.0. The standard InChI is InChI=1S/C12H14BrFN4/c1-2-15-6-11-8-18(17-16-11)7-9-5-10(13)3-4-12(9)14/h3-5,8,15H,2,6-7H2,1H3. The molecule has 2 aromatic rings. The van der Waals surface area contributed by atoms with Crippen molar-refractivity contribution in [1.29, 1.82) is 0 Å². The van der Waals surface area contributed by atoms with Crippen molar-refractivity contribution in [3.8, 4) is 0 Å². The number of hydrogen-bond donors (Lipinski definition) is 1. The van der Waals surface area contributed by atoms with Crippen LogP contribution in [-0.2, 0) is 13.1 Å². The Kier molecular flexibility index (Phi) is 4.43. The van der Waals surface area contributed by atoms with Crippen LogP contribution in [0.4, 0.5) is 4.39 Å². The molecule has 0 bridgehead atoms. The van der Waals surface area contributed by atoms with Gasteiger partial charge in [-0.25, -0.2) is 9.07 Å². The van der Waals surface area contributed by atoms with Crippen LogP contribution in [0, 0.1) is 5.82 Å². The average Bonchev–Trinajstić information content (AvgIpc) is 2.79. The molecule has 18 heavy (non-hydrogen) atoms. The van der Waals surface area contributed by atoms with Crippen molar-refractivity contribution in [2.45, 2.75) is 20.0 Å². The zero-order valence-corrected chi connectivity index (χ0v) is 11.6. The molecule has 1 aromatic carbocycles. The van der Waals surface area contributed by atoms with E-state index in [-0.39, 0.29) is 5.82 Å². The first-order valence-corrected chi connectivity index (χ1v) is 6.52. The summed E-state index contributed by atoms with van der Waals surface area (Å²) < 4.78 is 16.1. The van der Waals surface area contributed by atoms with Crippen LogP contribution >= 0.6 is 15.9 Å². The van der Waals surface area contributed by atoms with E-state index in [2.05, 4.69) is 31.6 Å². The Morgan fingerprint density at radius 1 is 1.44 bits per heavy atom. The van der Waals surface area contributed by atoms with Gasteiger partial charge in [-0.1, -0.05) is 28.1 Å². The van der Waals surface area contributed by atoms with E-state index in [1.165, 1.54) is 6.07 Å². The van der Waals surface area contributed by atoms with E-state index in [0.29, 0.717) is 18.7 Å². The molecule has 0 amide bonds. The molecule has 0 aliphatic heterocycles. The number of benzene rings is 1. The third-order valence-corrected chi connectivity index (χ3v) is 2.98. The number of aromatic nitrogens is 3. The second-order valence-corrected chi connectivity index (χ2v) is 4.84. The number of nitrogens with zero attached hydrogens (tertiary/aromatic N) is 3. The third-order valence-electron chi connectivity index (χ3n) is 2.48. The fourth-order valence-corrected chi connectivity index (χ4v) is 2.00. The summed E-state index contributed by atoms with van der Waals surface area (Å²) >= 11 is 3.33. The monoisotopic (exact) mass is 312 g/mol. The van der Waals surface area contributed by atoms with Gasteiger partial charge in [0.15, 0.2) is 0 Å². The lowest BCUT2D eigenvalue weighted by atomic mass is 10.2. The molecule has 0 saturated heterocycles. The van der Waals surface area contributed by atoms with Gasteiger partial charge in [-0.2, -0.15) is 0 Å². The molecule has 96 valence electrons. The summed E-state index contributed by atoms with van der Waals surface area (Å²) in [5, 5.41) is 11.2. The first-order chi connectivity index (χ1) is 8.69. The summed E-state index contributed by atoms with van der Waals surface area (Å²) in [6, 6.07) is 4.87. The minimum absolute atomic E-state index is 0.234. The molecule has 0 saturated carbocycles. The Morgan fingerprint density at radius 3 is 3.06 bits per heavy atom. The van der Waals surface area contributed by atoms with Gasteiger partial charge in [0.2, 0.25) is 0 Å². The Balaban J connectivity index is 2.08. The highest BCUT2D eigenvalue weighted by molar-refractivity contribution is 9.10. The van der Waals surface area contributed by atoms with Crippen LogP contribution < -0.4 is 5.32 Å². The molecule has 0 atom stereocenters. The molecule has 6 heteroatoms. The van der Waals surface area contributed by atoms with Gasteiger partial charge in [0, 0.05) is 16.6 Å². The van der Waals surface area contributed by atoms with Crippen LogP contribution in [0.2, 0.25) is 0 Å². The van der Waals surface area contributed by atoms with E-state index in [0.717, 1.165) is 16.7 Å². The number of halogens is 2. The second-order valence-electron chi connectivity index (χ2n) is 3.92. The Bertz CT molecular complexity index is 527. The maximum Gasteiger partial charge on any atom is 0.128 e. The normalized spacial score (nSPS) is 10.8. The van der Waals surface area contributed by atoms with Crippen LogP contribution in [0.1, 0.15) is 18.2 Å². The summed E-state index contributed by atoms with van der Waals surface area (Å²) in [6.45, 7) is 3.97. The molecule has 1 aromatic heterocycles. The Morgan fingerprint density at radius 2 is 2.28 bits per heavy atom. The van der Waals surface area contributed by atoms with Gasteiger partial charge in [0.1, 0.15) is 5.82 Å². The first kappa shape index (κ1) is 13.2. The highest BCUT2D eigenvalue weighted by Crippen LogP contribution is 2.16. The lowest BCUT2D eigenvalue weighted by molar-refractivity contribution is 0.576. The lowest BCUT2D eigenvalue weighted by Gasteiger charge is -2.03. The SMILES string of the molecule is CCNCc1cn(Cc2cc(Br)ccc2F)nn1. The first-order valence-electron chi connectivity index (χ1n) is 5.72. The summed E-state index contributed by atoms with van der Waals surface area (Å²) in [6.07, 6.45) is 1.82. The van der Waals surface area contributed by atoms with Crippen molar-refractivity contribution >= 4 is 15.9 Å².